The summed E-state index contributed by atoms with van der Waals surface area (Å²) < 4.78 is 2.03. The molecule has 0 spiro atoms. The molecule has 0 radical (unpaired) electrons. The van der Waals surface area contributed by atoms with Gasteiger partial charge < -0.3 is 0 Å². The molecule has 0 unspecified atom stereocenters. The number of halogens is 1. The summed E-state index contributed by atoms with van der Waals surface area (Å²) in [6, 6.07) is 16.7. The number of nitrogens with zero attached hydrogens (tertiary/aromatic N) is 3. The van der Waals surface area contributed by atoms with Crippen molar-refractivity contribution in [2.75, 3.05) is 12.0 Å². The van der Waals surface area contributed by atoms with Gasteiger partial charge in [0.2, 0.25) is 5.78 Å². The second-order valence-electron chi connectivity index (χ2n) is 6.32. The second-order valence-corrected chi connectivity index (χ2v) is 8.74. The SMILES string of the molecule is CCCSc1ccc(-c2c(-c3ccc(SC)cc3)nc3ncccn23)cc1Cl. The van der Waals surface area contributed by atoms with Gasteiger partial charge in [-0.05, 0) is 48.8 Å². The molecular weight excluding hydrogens is 406 g/mol. The van der Waals surface area contributed by atoms with Crippen molar-refractivity contribution in [1.82, 2.24) is 14.4 Å². The van der Waals surface area contributed by atoms with E-state index in [0.29, 0.717) is 5.78 Å². The van der Waals surface area contributed by atoms with Gasteiger partial charge in [-0.2, -0.15) is 0 Å². The first-order valence-electron chi connectivity index (χ1n) is 9.11. The minimum atomic E-state index is 0.682. The summed E-state index contributed by atoms with van der Waals surface area (Å²) >= 11 is 10.1. The predicted octanol–water partition coefficient (Wildman–Crippen LogP) is 6.94. The lowest BCUT2D eigenvalue weighted by molar-refractivity contribution is 1.10. The lowest BCUT2D eigenvalue weighted by atomic mass is 10.0. The van der Waals surface area contributed by atoms with Crippen molar-refractivity contribution in [3.05, 3.63) is 65.9 Å². The predicted molar refractivity (Wildman–Crippen MR) is 122 cm³/mol. The first-order valence-corrected chi connectivity index (χ1v) is 11.7. The van der Waals surface area contributed by atoms with Crippen LogP contribution < -0.4 is 0 Å². The fourth-order valence-electron chi connectivity index (χ4n) is 3.09. The summed E-state index contributed by atoms with van der Waals surface area (Å²) in [7, 11) is 0. The summed E-state index contributed by atoms with van der Waals surface area (Å²) in [5.41, 5.74) is 4.03. The Hall–Kier alpha value is -1.95. The van der Waals surface area contributed by atoms with Crippen molar-refractivity contribution < 1.29 is 0 Å². The van der Waals surface area contributed by atoms with Crippen molar-refractivity contribution in [1.29, 1.82) is 0 Å². The number of rotatable bonds is 6. The van der Waals surface area contributed by atoms with E-state index < -0.39 is 0 Å². The Kier molecular flexibility index (Phi) is 5.95. The fourth-order valence-corrected chi connectivity index (χ4v) is 4.63. The average Bonchev–Trinajstić information content (AvgIpc) is 3.12. The molecule has 2 aromatic heterocycles. The molecule has 0 aliphatic rings. The molecule has 4 rings (SSSR count). The van der Waals surface area contributed by atoms with Crippen molar-refractivity contribution >= 4 is 40.9 Å². The zero-order valence-electron chi connectivity index (χ0n) is 15.7. The maximum absolute atomic E-state index is 6.60. The third-order valence-corrected chi connectivity index (χ3v) is 6.88. The van der Waals surface area contributed by atoms with E-state index >= 15 is 0 Å². The first kappa shape index (κ1) is 19.4. The molecule has 0 N–H and O–H groups in total. The van der Waals surface area contributed by atoms with Crippen LogP contribution in [0.3, 0.4) is 0 Å². The minimum Gasteiger partial charge on any atom is -0.283 e. The number of hydrogen-bond acceptors (Lipinski definition) is 4. The van der Waals surface area contributed by atoms with Crippen LogP contribution in [0.1, 0.15) is 13.3 Å². The Balaban J connectivity index is 1.86. The first-order chi connectivity index (χ1) is 13.7. The third kappa shape index (κ3) is 3.79. The number of imidazole rings is 1. The van der Waals surface area contributed by atoms with E-state index in [4.69, 9.17) is 16.6 Å². The van der Waals surface area contributed by atoms with Gasteiger partial charge in [0, 0.05) is 33.3 Å². The molecule has 142 valence electrons. The van der Waals surface area contributed by atoms with Crippen LogP contribution in [0.4, 0.5) is 0 Å². The van der Waals surface area contributed by atoms with E-state index in [0.717, 1.165) is 44.6 Å². The Morgan fingerprint density at radius 2 is 1.86 bits per heavy atom. The molecule has 4 aromatic rings. The van der Waals surface area contributed by atoms with Gasteiger partial charge in [0.15, 0.2) is 0 Å². The molecule has 2 aromatic carbocycles. The fraction of sp³-hybridized carbons (Fsp3) is 0.182. The Morgan fingerprint density at radius 3 is 2.57 bits per heavy atom. The summed E-state index contributed by atoms with van der Waals surface area (Å²) in [6.07, 6.45) is 6.97. The van der Waals surface area contributed by atoms with Crippen molar-refractivity contribution in [2.45, 2.75) is 23.1 Å². The number of hydrogen-bond donors (Lipinski definition) is 0. The summed E-state index contributed by atoms with van der Waals surface area (Å²) in [5, 5.41) is 0.776. The highest BCUT2D eigenvalue weighted by molar-refractivity contribution is 7.99. The van der Waals surface area contributed by atoms with Crippen LogP contribution in [-0.4, -0.2) is 26.4 Å². The zero-order chi connectivity index (χ0) is 19.5. The molecule has 0 amide bonds. The summed E-state index contributed by atoms with van der Waals surface area (Å²) in [4.78, 5) is 11.6. The van der Waals surface area contributed by atoms with Gasteiger partial charge in [-0.1, -0.05) is 36.7 Å². The van der Waals surface area contributed by atoms with Gasteiger partial charge >= 0.3 is 0 Å². The highest BCUT2D eigenvalue weighted by atomic mass is 35.5. The third-order valence-electron chi connectivity index (χ3n) is 4.43. The van der Waals surface area contributed by atoms with Crippen LogP contribution in [0, 0.1) is 0 Å². The molecule has 0 atom stereocenters. The lowest BCUT2D eigenvalue weighted by Crippen LogP contribution is -1.91. The van der Waals surface area contributed by atoms with Crippen LogP contribution in [0.15, 0.2) is 70.7 Å². The van der Waals surface area contributed by atoms with Crippen molar-refractivity contribution in [3.8, 4) is 22.5 Å². The van der Waals surface area contributed by atoms with Crippen molar-refractivity contribution in [3.63, 3.8) is 0 Å². The quantitative estimate of drug-likeness (QED) is 0.313. The normalized spacial score (nSPS) is 11.2. The zero-order valence-corrected chi connectivity index (χ0v) is 18.1. The van der Waals surface area contributed by atoms with Gasteiger partial charge in [0.05, 0.1) is 16.4 Å². The molecule has 6 heteroatoms. The molecule has 0 bridgehead atoms. The van der Waals surface area contributed by atoms with E-state index in [1.54, 1.807) is 29.7 Å². The van der Waals surface area contributed by atoms with E-state index in [9.17, 15) is 0 Å². The molecule has 0 saturated carbocycles. The number of thioether (sulfide) groups is 2. The highest BCUT2D eigenvalue weighted by Gasteiger charge is 2.17. The molecule has 0 fully saturated rings. The average molecular weight is 426 g/mol. The van der Waals surface area contributed by atoms with Gasteiger partial charge in [-0.25, -0.2) is 9.97 Å². The molecule has 2 heterocycles. The van der Waals surface area contributed by atoms with Gasteiger partial charge in [-0.15, -0.1) is 23.5 Å². The Labute approximate surface area is 178 Å². The molecular formula is C22H20ClN3S2. The standard InChI is InChI=1S/C22H20ClN3S2/c1-3-13-28-19-10-7-16(14-18(19)23)21-20(15-5-8-17(27-2)9-6-15)25-22-24-11-4-12-26(21)22/h4-12,14H,3,13H2,1-2H3. The topological polar surface area (TPSA) is 30.2 Å². The van der Waals surface area contributed by atoms with Crippen LogP contribution >= 0.6 is 35.1 Å². The van der Waals surface area contributed by atoms with Crippen LogP contribution in [-0.2, 0) is 0 Å². The van der Waals surface area contributed by atoms with Crippen LogP contribution in [0.5, 0.6) is 0 Å². The maximum Gasteiger partial charge on any atom is 0.234 e. The van der Waals surface area contributed by atoms with E-state index in [1.807, 2.05) is 22.7 Å². The van der Waals surface area contributed by atoms with Gasteiger partial charge in [0.1, 0.15) is 0 Å². The van der Waals surface area contributed by atoms with E-state index in [2.05, 4.69) is 54.6 Å². The van der Waals surface area contributed by atoms with Crippen LogP contribution in [0.25, 0.3) is 28.3 Å². The van der Waals surface area contributed by atoms with Gasteiger partial charge in [-0.3, -0.25) is 4.40 Å². The van der Waals surface area contributed by atoms with Gasteiger partial charge in [0.25, 0.3) is 0 Å². The summed E-state index contributed by atoms with van der Waals surface area (Å²) in [5.74, 6) is 1.74. The van der Waals surface area contributed by atoms with E-state index in [1.165, 1.54) is 4.90 Å². The minimum absolute atomic E-state index is 0.682. The molecule has 0 aliphatic carbocycles. The maximum atomic E-state index is 6.60. The number of fused-ring (bicyclic) bond motifs is 1. The molecule has 0 saturated heterocycles. The van der Waals surface area contributed by atoms with E-state index in [-0.39, 0.29) is 0 Å². The Bertz CT molecular complexity index is 1110. The number of benzene rings is 2. The number of aromatic nitrogens is 3. The summed E-state index contributed by atoms with van der Waals surface area (Å²) in [6.45, 7) is 2.18. The van der Waals surface area contributed by atoms with Crippen molar-refractivity contribution in [2.24, 2.45) is 0 Å². The lowest BCUT2D eigenvalue weighted by Gasteiger charge is -2.09. The Morgan fingerprint density at radius 1 is 1.07 bits per heavy atom. The molecule has 0 aliphatic heterocycles. The monoisotopic (exact) mass is 425 g/mol. The largest absolute Gasteiger partial charge is 0.283 e. The molecule has 28 heavy (non-hydrogen) atoms. The molecule has 3 nitrogen and oxygen atoms in total. The second kappa shape index (κ2) is 8.60. The highest BCUT2D eigenvalue weighted by Crippen LogP contribution is 2.37. The van der Waals surface area contributed by atoms with Crippen LogP contribution in [0.2, 0.25) is 5.02 Å². The smallest absolute Gasteiger partial charge is 0.234 e.